The number of thiazole rings is 2. The third-order valence-electron chi connectivity index (χ3n) is 3.99. The van der Waals surface area contributed by atoms with E-state index in [-0.39, 0.29) is 12.7 Å². The van der Waals surface area contributed by atoms with E-state index in [0.717, 1.165) is 27.2 Å². The largest absolute Gasteiger partial charge is 0.454 e. The summed E-state index contributed by atoms with van der Waals surface area (Å²) >= 11 is 2.89. The minimum absolute atomic E-state index is 0.188. The highest BCUT2D eigenvalue weighted by molar-refractivity contribution is 7.16. The van der Waals surface area contributed by atoms with Crippen LogP contribution in [0.15, 0.2) is 47.3 Å². The number of nitrogens with zero attached hydrogens (tertiary/aromatic N) is 2. The molecule has 1 aliphatic heterocycles. The molecule has 4 aromatic rings. The van der Waals surface area contributed by atoms with Crippen LogP contribution in [0.2, 0.25) is 0 Å². The molecule has 0 radical (unpaired) electrons. The van der Waals surface area contributed by atoms with Gasteiger partial charge in [0, 0.05) is 16.5 Å². The van der Waals surface area contributed by atoms with Crippen molar-refractivity contribution in [1.29, 1.82) is 0 Å². The lowest BCUT2D eigenvalue weighted by atomic mass is 10.1. The number of rotatable bonds is 3. The van der Waals surface area contributed by atoms with Gasteiger partial charge in [0.1, 0.15) is 0 Å². The van der Waals surface area contributed by atoms with Crippen molar-refractivity contribution in [2.24, 2.45) is 0 Å². The fourth-order valence-electron chi connectivity index (χ4n) is 2.69. The molecule has 5 rings (SSSR count). The summed E-state index contributed by atoms with van der Waals surface area (Å²) in [5.74, 6) is 1.25. The summed E-state index contributed by atoms with van der Waals surface area (Å²) in [6, 6.07) is 11.1. The smallest absolute Gasteiger partial charge is 0.257 e. The fourth-order valence-corrected chi connectivity index (χ4v) is 4.12. The topological polar surface area (TPSA) is 73.3 Å². The van der Waals surface area contributed by atoms with Gasteiger partial charge in [0.25, 0.3) is 5.91 Å². The summed E-state index contributed by atoms with van der Waals surface area (Å²) in [6.45, 7) is 0.237. The molecule has 26 heavy (non-hydrogen) atoms. The maximum Gasteiger partial charge on any atom is 0.257 e. The van der Waals surface area contributed by atoms with Gasteiger partial charge in [0.2, 0.25) is 6.79 Å². The highest BCUT2D eigenvalue weighted by Gasteiger charge is 2.16. The van der Waals surface area contributed by atoms with Gasteiger partial charge in [-0.05, 0) is 36.4 Å². The molecule has 0 spiro atoms. The van der Waals surface area contributed by atoms with Crippen LogP contribution >= 0.6 is 22.7 Å². The van der Waals surface area contributed by atoms with Crippen molar-refractivity contribution in [3.05, 3.63) is 52.9 Å². The van der Waals surface area contributed by atoms with Crippen LogP contribution in [-0.4, -0.2) is 22.7 Å². The van der Waals surface area contributed by atoms with Crippen LogP contribution < -0.4 is 14.8 Å². The second-order valence-corrected chi connectivity index (χ2v) is 7.34. The van der Waals surface area contributed by atoms with E-state index in [1.165, 1.54) is 22.7 Å². The molecule has 6 nitrogen and oxygen atoms in total. The van der Waals surface area contributed by atoms with Crippen molar-refractivity contribution in [2.45, 2.75) is 0 Å². The monoisotopic (exact) mass is 381 g/mol. The number of carbonyl (C=O) groups is 1. The Labute approximate surface area is 156 Å². The highest BCUT2D eigenvalue weighted by atomic mass is 32.1. The molecular formula is C18H11N3O3S2. The molecule has 0 saturated carbocycles. The van der Waals surface area contributed by atoms with Crippen molar-refractivity contribution in [3.8, 4) is 22.8 Å². The van der Waals surface area contributed by atoms with Gasteiger partial charge in [-0.3, -0.25) is 10.1 Å². The molecule has 3 heterocycles. The lowest BCUT2D eigenvalue weighted by Gasteiger charge is -2.02. The summed E-state index contributed by atoms with van der Waals surface area (Å²) in [6.07, 6.45) is 0. The summed E-state index contributed by atoms with van der Waals surface area (Å²) in [5, 5.41) is 5.30. The molecule has 0 saturated heterocycles. The Hall–Kier alpha value is -2.97. The lowest BCUT2D eigenvalue weighted by Crippen LogP contribution is -2.11. The van der Waals surface area contributed by atoms with Crippen molar-refractivity contribution in [2.75, 3.05) is 12.1 Å². The zero-order valence-corrected chi connectivity index (χ0v) is 14.9. The second-order valence-electron chi connectivity index (χ2n) is 5.59. The molecule has 2 aromatic heterocycles. The SMILES string of the molecule is O=C(Nc1nc(-c2ccc3c(c2)OCO3)cs1)c1ccc2ncsc2c1. The molecule has 1 aliphatic rings. The van der Waals surface area contributed by atoms with Gasteiger partial charge in [-0.1, -0.05) is 0 Å². The Kier molecular flexibility index (Phi) is 3.58. The van der Waals surface area contributed by atoms with Crippen LogP contribution in [0.4, 0.5) is 5.13 Å². The normalized spacial score (nSPS) is 12.5. The number of benzene rings is 2. The zero-order valence-electron chi connectivity index (χ0n) is 13.3. The number of hydrogen-bond acceptors (Lipinski definition) is 7. The third-order valence-corrected chi connectivity index (χ3v) is 5.54. The molecule has 8 heteroatoms. The molecule has 0 atom stereocenters. The van der Waals surface area contributed by atoms with Gasteiger partial charge in [0.05, 0.1) is 21.4 Å². The average molecular weight is 381 g/mol. The van der Waals surface area contributed by atoms with Gasteiger partial charge in [-0.25, -0.2) is 9.97 Å². The average Bonchev–Trinajstić information content (AvgIpc) is 3.40. The number of ether oxygens (including phenoxy) is 2. The van der Waals surface area contributed by atoms with Gasteiger partial charge >= 0.3 is 0 Å². The molecule has 0 unspecified atom stereocenters. The Morgan fingerprint density at radius 3 is 2.96 bits per heavy atom. The number of anilines is 1. The minimum atomic E-state index is -0.188. The van der Waals surface area contributed by atoms with Crippen LogP contribution in [0, 0.1) is 0 Å². The number of fused-ring (bicyclic) bond motifs is 2. The number of amides is 1. The van der Waals surface area contributed by atoms with Crippen LogP contribution in [-0.2, 0) is 0 Å². The first kappa shape index (κ1) is 15.3. The first-order valence-corrected chi connectivity index (χ1v) is 9.52. The second kappa shape index (κ2) is 6.08. The standard InChI is InChI=1S/C18H11N3O3S2/c22-17(11-1-3-12-16(6-11)26-8-19-12)21-18-20-13(7-25-18)10-2-4-14-15(5-10)24-9-23-14/h1-8H,9H2,(H,20,21,22). The van der Waals surface area contributed by atoms with E-state index >= 15 is 0 Å². The molecule has 1 amide bonds. The number of nitrogens with one attached hydrogen (secondary N) is 1. The Morgan fingerprint density at radius 1 is 1.08 bits per heavy atom. The molecule has 2 aromatic carbocycles. The van der Waals surface area contributed by atoms with Crippen molar-refractivity contribution in [1.82, 2.24) is 9.97 Å². The summed E-state index contributed by atoms with van der Waals surface area (Å²) in [7, 11) is 0. The quantitative estimate of drug-likeness (QED) is 0.569. The minimum Gasteiger partial charge on any atom is -0.454 e. The first-order valence-electron chi connectivity index (χ1n) is 7.76. The molecular weight excluding hydrogens is 370 g/mol. The van der Waals surface area contributed by atoms with E-state index in [0.29, 0.717) is 16.4 Å². The van der Waals surface area contributed by atoms with Gasteiger partial charge in [0.15, 0.2) is 16.6 Å². The summed E-state index contributed by atoms with van der Waals surface area (Å²) in [4.78, 5) is 21.2. The van der Waals surface area contributed by atoms with Crippen LogP contribution in [0.5, 0.6) is 11.5 Å². The number of aromatic nitrogens is 2. The first-order chi connectivity index (χ1) is 12.8. The zero-order chi connectivity index (χ0) is 17.5. The van der Waals surface area contributed by atoms with Crippen LogP contribution in [0.1, 0.15) is 10.4 Å². The van der Waals surface area contributed by atoms with Gasteiger partial charge < -0.3 is 9.47 Å². The van der Waals surface area contributed by atoms with Crippen LogP contribution in [0.25, 0.3) is 21.5 Å². The molecule has 0 aliphatic carbocycles. The third kappa shape index (κ3) is 2.69. The lowest BCUT2D eigenvalue weighted by molar-refractivity contribution is 0.102. The maximum atomic E-state index is 12.5. The molecule has 0 bridgehead atoms. The van der Waals surface area contributed by atoms with E-state index < -0.39 is 0 Å². The fraction of sp³-hybridized carbons (Fsp3) is 0.0556. The van der Waals surface area contributed by atoms with Crippen molar-refractivity contribution in [3.63, 3.8) is 0 Å². The number of hydrogen-bond donors (Lipinski definition) is 1. The number of carbonyl (C=O) groups excluding carboxylic acids is 1. The Morgan fingerprint density at radius 2 is 2.00 bits per heavy atom. The van der Waals surface area contributed by atoms with E-state index in [2.05, 4.69) is 15.3 Å². The highest BCUT2D eigenvalue weighted by Crippen LogP contribution is 2.36. The molecule has 0 fully saturated rings. The van der Waals surface area contributed by atoms with Gasteiger partial charge in [-0.15, -0.1) is 22.7 Å². The van der Waals surface area contributed by atoms with Crippen molar-refractivity contribution >= 4 is 43.9 Å². The van der Waals surface area contributed by atoms with E-state index in [1.807, 2.05) is 35.7 Å². The van der Waals surface area contributed by atoms with E-state index in [1.54, 1.807) is 11.6 Å². The summed E-state index contributed by atoms with van der Waals surface area (Å²) < 4.78 is 11.7. The van der Waals surface area contributed by atoms with Gasteiger partial charge in [-0.2, -0.15) is 0 Å². The van der Waals surface area contributed by atoms with Crippen molar-refractivity contribution < 1.29 is 14.3 Å². The van der Waals surface area contributed by atoms with E-state index in [4.69, 9.17) is 9.47 Å². The molecule has 128 valence electrons. The Balaban J connectivity index is 1.37. The summed E-state index contributed by atoms with van der Waals surface area (Å²) in [5.41, 5.74) is 4.94. The van der Waals surface area contributed by atoms with E-state index in [9.17, 15) is 4.79 Å². The van der Waals surface area contributed by atoms with Crippen LogP contribution in [0.3, 0.4) is 0 Å². The molecule has 1 N–H and O–H groups in total. The predicted molar refractivity (Wildman–Crippen MR) is 101 cm³/mol. The maximum absolute atomic E-state index is 12.5. The predicted octanol–water partition coefficient (Wildman–Crippen LogP) is 4.40. The Bertz CT molecular complexity index is 1140.